The number of likely N-dealkylation sites (tertiary alicyclic amines) is 1. The number of nitrogens with zero attached hydrogens (tertiary/aromatic N) is 4. The summed E-state index contributed by atoms with van der Waals surface area (Å²) in [5, 5.41) is 7.21. The van der Waals surface area contributed by atoms with Gasteiger partial charge in [0.05, 0.1) is 13.7 Å². The lowest BCUT2D eigenvalue weighted by Crippen LogP contribution is -2.40. The summed E-state index contributed by atoms with van der Waals surface area (Å²) in [7, 11) is 1.70. The largest absolute Gasteiger partial charge is 0.497 e. The maximum absolute atomic E-state index is 5.25. The number of benzene rings is 1. The second-order valence-corrected chi connectivity index (χ2v) is 6.43. The molecule has 1 aliphatic rings. The third kappa shape index (κ3) is 5.82. The smallest absolute Gasteiger partial charge is 0.228 e. The van der Waals surface area contributed by atoms with Crippen molar-refractivity contribution < 1.29 is 9.26 Å². The number of hydrogen-bond donors (Lipinski definition) is 1. The fraction of sp³-hybridized carbons (Fsp3) is 0.526. The highest BCUT2D eigenvalue weighted by Crippen LogP contribution is 2.28. The quantitative estimate of drug-likeness (QED) is 0.385. The van der Waals surface area contributed by atoms with Crippen LogP contribution in [0.15, 0.2) is 33.8 Å². The Labute approximate surface area is 177 Å². The average molecular weight is 485 g/mol. The molecular weight excluding hydrogens is 457 g/mol. The van der Waals surface area contributed by atoms with Crippen LogP contribution >= 0.6 is 24.0 Å². The summed E-state index contributed by atoms with van der Waals surface area (Å²) >= 11 is 0. The van der Waals surface area contributed by atoms with Crippen molar-refractivity contribution in [3.8, 4) is 5.75 Å². The average Bonchev–Trinajstić information content (AvgIpc) is 3.30. The van der Waals surface area contributed by atoms with Gasteiger partial charge in [0.1, 0.15) is 5.75 Å². The van der Waals surface area contributed by atoms with E-state index in [0.29, 0.717) is 30.6 Å². The number of ether oxygens (including phenoxy) is 1. The third-order valence-electron chi connectivity index (χ3n) is 4.57. The Morgan fingerprint density at radius 1 is 1.37 bits per heavy atom. The molecule has 1 saturated heterocycles. The van der Waals surface area contributed by atoms with Gasteiger partial charge in [-0.2, -0.15) is 4.98 Å². The first-order valence-corrected chi connectivity index (χ1v) is 9.16. The standard InChI is InChI=1S/C19H27N5O2.HI/c1-4-20-19(21-11-9-18-22-14(2)23-26-18)24-12-10-16(13-24)15-5-7-17(25-3)8-6-15;/h5-8,16H,4,9-13H2,1-3H3,(H,20,21);1H. The van der Waals surface area contributed by atoms with Crippen molar-refractivity contribution in [1.29, 1.82) is 0 Å². The molecule has 0 bridgehead atoms. The van der Waals surface area contributed by atoms with Gasteiger partial charge in [0.15, 0.2) is 11.8 Å². The predicted octanol–water partition coefficient (Wildman–Crippen LogP) is 3.00. The van der Waals surface area contributed by atoms with Crippen LogP contribution in [0.25, 0.3) is 0 Å². The van der Waals surface area contributed by atoms with E-state index in [4.69, 9.17) is 14.3 Å². The first-order valence-electron chi connectivity index (χ1n) is 9.16. The molecule has 148 valence electrons. The second kappa shape index (κ2) is 10.5. The molecule has 0 saturated carbocycles. The van der Waals surface area contributed by atoms with E-state index in [9.17, 15) is 0 Å². The van der Waals surface area contributed by atoms with Gasteiger partial charge in [0.2, 0.25) is 5.89 Å². The van der Waals surface area contributed by atoms with Gasteiger partial charge in [-0.05, 0) is 38.0 Å². The molecule has 1 aromatic heterocycles. The molecule has 0 radical (unpaired) electrons. The molecule has 1 aromatic carbocycles. The highest BCUT2D eigenvalue weighted by molar-refractivity contribution is 14.0. The normalized spacial score (nSPS) is 16.9. The van der Waals surface area contributed by atoms with E-state index in [0.717, 1.165) is 37.8 Å². The minimum atomic E-state index is 0. The van der Waals surface area contributed by atoms with Crippen LogP contribution in [0, 0.1) is 6.92 Å². The SMILES string of the molecule is CCNC(=NCCc1nc(C)no1)N1CCC(c2ccc(OC)cc2)C1.I. The van der Waals surface area contributed by atoms with Crippen molar-refractivity contribution in [3.63, 3.8) is 0 Å². The Balaban J connectivity index is 0.00000261. The van der Waals surface area contributed by atoms with Crippen molar-refractivity contribution in [1.82, 2.24) is 20.4 Å². The van der Waals surface area contributed by atoms with E-state index in [-0.39, 0.29) is 24.0 Å². The Kier molecular flexibility index (Phi) is 8.33. The van der Waals surface area contributed by atoms with Crippen LogP contribution in [-0.2, 0) is 6.42 Å². The van der Waals surface area contributed by atoms with Gasteiger partial charge in [-0.3, -0.25) is 4.99 Å². The monoisotopic (exact) mass is 485 g/mol. The zero-order valence-electron chi connectivity index (χ0n) is 16.1. The molecule has 7 nitrogen and oxygen atoms in total. The number of aryl methyl sites for hydroxylation is 1. The van der Waals surface area contributed by atoms with Crippen LogP contribution in [-0.4, -0.2) is 54.3 Å². The molecule has 0 spiro atoms. The van der Waals surface area contributed by atoms with Crippen LogP contribution in [0.2, 0.25) is 0 Å². The molecule has 0 amide bonds. The number of methoxy groups -OCH3 is 1. The maximum Gasteiger partial charge on any atom is 0.228 e. The second-order valence-electron chi connectivity index (χ2n) is 6.43. The fourth-order valence-electron chi connectivity index (χ4n) is 3.23. The summed E-state index contributed by atoms with van der Waals surface area (Å²) in [6.07, 6.45) is 1.78. The first kappa shape index (κ1) is 21.5. The van der Waals surface area contributed by atoms with Crippen LogP contribution in [0.3, 0.4) is 0 Å². The van der Waals surface area contributed by atoms with Gasteiger partial charge in [-0.15, -0.1) is 24.0 Å². The summed E-state index contributed by atoms with van der Waals surface area (Å²) in [4.78, 5) is 11.3. The fourth-order valence-corrected chi connectivity index (χ4v) is 3.23. The highest BCUT2D eigenvalue weighted by Gasteiger charge is 2.26. The summed E-state index contributed by atoms with van der Waals surface area (Å²) < 4.78 is 10.4. The van der Waals surface area contributed by atoms with E-state index in [2.05, 4.69) is 39.4 Å². The lowest BCUT2D eigenvalue weighted by molar-refractivity contribution is 0.375. The summed E-state index contributed by atoms with van der Waals surface area (Å²) in [6, 6.07) is 8.39. The van der Waals surface area contributed by atoms with E-state index < -0.39 is 0 Å². The molecule has 1 unspecified atom stereocenters. The molecule has 3 rings (SSSR count). The number of guanidine groups is 1. The first-order chi connectivity index (χ1) is 12.7. The van der Waals surface area contributed by atoms with Gasteiger partial charge in [0.25, 0.3) is 0 Å². The van der Waals surface area contributed by atoms with Crippen LogP contribution in [0.4, 0.5) is 0 Å². The van der Waals surface area contributed by atoms with Gasteiger partial charge < -0.3 is 19.5 Å². The van der Waals surface area contributed by atoms with E-state index in [1.165, 1.54) is 5.56 Å². The van der Waals surface area contributed by atoms with Crippen molar-refractivity contribution in [2.45, 2.75) is 32.6 Å². The summed E-state index contributed by atoms with van der Waals surface area (Å²) in [5.74, 6) is 3.68. The molecule has 2 heterocycles. The van der Waals surface area contributed by atoms with Gasteiger partial charge >= 0.3 is 0 Å². The molecule has 1 aliphatic heterocycles. The van der Waals surface area contributed by atoms with Gasteiger partial charge in [-0.25, -0.2) is 0 Å². The topological polar surface area (TPSA) is 75.8 Å². The summed E-state index contributed by atoms with van der Waals surface area (Å²) in [6.45, 7) is 7.37. The number of aliphatic imine (C=N–C) groups is 1. The molecule has 8 heteroatoms. The van der Waals surface area contributed by atoms with Crippen molar-refractivity contribution in [2.75, 3.05) is 33.3 Å². The highest BCUT2D eigenvalue weighted by atomic mass is 127. The maximum atomic E-state index is 5.25. The van der Waals surface area contributed by atoms with Crippen molar-refractivity contribution >= 4 is 29.9 Å². The summed E-state index contributed by atoms with van der Waals surface area (Å²) in [5.41, 5.74) is 1.35. The molecular formula is C19H28IN5O2. The van der Waals surface area contributed by atoms with Crippen LogP contribution < -0.4 is 10.1 Å². The van der Waals surface area contributed by atoms with Crippen LogP contribution in [0.1, 0.15) is 36.5 Å². The predicted molar refractivity (Wildman–Crippen MR) is 116 cm³/mol. The minimum Gasteiger partial charge on any atom is -0.497 e. The van der Waals surface area contributed by atoms with Gasteiger partial charge in [-0.1, -0.05) is 17.3 Å². The number of halogens is 1. The van der Waals surface area contributed by atoms with E-state index in [1.807, 2.05) is 19.1 Å². The Bertz CT molecular complexity index is 732. The Morgan fingerprint density at radius 3 is 2.78 bits per heavy atom. The number of aromatic nitrogens is 2. The molecule has 1 fully saturated rings. The molecule has 1 N–H and O–H groups in total. The lowest BCUT2D eigenvalue weighted by atomic mass is 9.98. The lowest BCUT2D eigenvalue weighted by Gasteiger charge is -2.21. The van der Waals surface area contributed by atoms with Crippen molar-refractivity contribution in [2.24, 2.45) is 4.99 Å². The number of rotatable bonds is 6. The molecule has 0 aliphatic carbocycles. The zero-order valence-corrected chi connectivity index (χ0v) is 18.5. The van der Waals surface area contributed by atoms with Crippen LogP contribution in [0.5, 0.6) is 5.75 Å². The zero-order chi connectivity index (χ0) is 18.4. The molecule has 27 heavy (non-hydrogen) atoms. The minimum absolute atomic E-state index is 0. The molecule has 2 aromatic rings. The number of hydrogen-bond acceptors (Lipinski definition) is 5. The Hall–Kier alpha value is -1.84. The third-order valence-corrected chi connectivity index (χ3v) is 4.57. The van der Waals surface area contributed by atoms with E-state index in [1.54, 1.807) is 7.11 Å². The van der Waals surface area contributed by atoms with Crippen molar-refractivity contribution in [3.05, 3.63) is 41.5 Å². The molecule has 1 atom stereocenters. The van der Waals surface area contributed by atoms with Gasteiger partial charge in [0, 0.05) is 32.0 Å². The Morgan fingerprint density at radius 2 is 2.15 bits per heavy atom. The number of nitrogens with one attached hydrogen (secondary N) is 1. The van der Waals surface area contributed by atoms with E-state index >= 15 is 0 Å².